The number of benzene rings is 2. The summed E-state index contributed by atoms with van der Waals surface area (Å²) in [5, 5.41) is 2.91. The summed E-state index contributed by atoms with van der Waals surface area (Å²) in [5.41, 5.74) is 0. The van der Waals surface area contributed by atoms with Crippen LogP contribution in [-0.4, -0.2) is 7.11 Å². The van der Waals surface area contributed by atoms with Crippen molar-refractivity contribution in [3.8, 4) is 5.75 Å². The van der Waals surface area contributed by atoms with Crippen LogP contribution in [0.2, 0.25) is 5.02 Å². The van der Waals surface area contributed by atoms with E-state index < -0.39 is 0 Å². The predicted octanol–water partition coefficient (Wildman–Crippen LogP) is 3.79. The summed E-state index contributed by atoms with van der Waals surface area (Å²) in [6.07, 6.45) is 0. The van der Waals surface area contributed by atoms with E-state index >= 15 is 0 Å². The Kier molecular flexibility index (Phi) is 2.57. The maximum Gasteiger partial charge on any atom is 0.132 e. The number of halogens is 1. The highest BCUT2D eigenvalue weighted by atomic mass is 35.5. The first kappa shape index (κ1) is 9.69. The molecule has 2 rings (SSSR count). The number of ether oxygens (including phenoxy) is 1. The summed E-state index contributed by atoms with van der Waals surface area (Å²) in [5.74, 6) is 0.781. The third kappa shape index (κ3) is 1.68. The zero-order valence-electron chi connectivity index (χ0n) is 7.62. The summed E-state index contributed by atoms with van der Waals surface area (Å²) < 4.78 is 5.17. The van der Waals surface area contributed by atoms with Crippen LogP contribution in [0.3, 0.4) is 0 Å². The molecule has 0 saturated heterocycles. The Labute approximate surface area is 93.0 Å². The molecule has 2 aromatic carbocycles. The monoisotopic (exact) mass is 224 g/mol. The molecule has 0 saturated carbocycles. The molecule has 0 aliphatic rings. The lowest BCUT2D eigenvalue weighted by Crippen LogP contribution is -1.84. The van der Waals surface area contributed by atoms with Gasteiger partial charge in [0.2, 0.25) is 0 Å². The van der Waals surface area contributed by atoms with E-state index in [4.69, 9.17) is 16.3 Å². The maximum atomic E-state index is 5.89. The Morgan fingerprint density at radius 1 is 1.14 bits per heavy atom. The molecular formula is C11H9ClOS. The van der Waals surface area contributed by atoms with Gasteiger partial charge in [-0.2, -0.15) is 0 Å². The number of hydrogen-bond acceptors (Lipinski definition) is 2. The normalized spacial score (nSPS) is 10.5. The van der Waals surface area contributed by atoms with Crippen LogP contribution in [0, 0.1) is 0 Å². The lowest BCUT2D eigenvalue weighted by molar-refractivity contribution is 0.406. The van der Waals surface area contributed by atoms with Crippen molar-refractivity contribution in [2.45, 2.75) is 4.90 Å². The second-order valence-electron chi connectivity index (χ2n) is 3.02. The van der Waals surface area contributed by atoms with Crippen LogP contribution < -0.4 is 4.74 Å². The average molecular weight is 225 g/mol. The molecule has 2 aromatic rings. The highest BCUT2D eigenvalue weighted by Gasteiger charge is 2.02. The van der Waals surface area contributed by atoms with Gasteiger partial charge in [0, 0.05) is 9.92 Å². The van der Waals surface area contributed by atoms with Crippen molar-refractivity contribution in [1.29, 1.82) is 0 Å². The average Bonchev–Trinajstić information content (AvgIpc) is 2.16. The molecule has 0 fully saturated rings. The van der Waals surface area contributed by atoms with Crippen LogP contribution in [0.25, 0.3) is 10.8 Å². The summed E-state index contributed by atoms with van der Waals surface area (Å²) in [7, 11) is 1.64. The Hall–Kier alpha value is -0.860. The topological polar surface area (TPSA) is 9.23 Å². The van der Waals surface area contributed by atoms with Gasteiger partial charge in [-0.1, -0.05) is 17.7 Å². The van der Waals surface area contributed by atoms with E-state index in [9.17, 15) is 0 Å². The van der Waals surface area contributed by atoms with Crippen LogP contribution >= 0.6 is 24.2 Å². The van der Waals surface area contributed by atoms with Gasteiger partial charge >= 0.3 is 0 Å². The van der Waals surface area contributed by atoms with Crippen molar-refractivity contribution < 1.29 is 4.74 Å². The third-order valence-corrected chi connectivity index (χ3v) is 2.68. The van der Waals surface area contributed by atoms with E-state index in [2.05, 4.69) is 12.6 Å². The number of fused-ring (bicyclic) bond motifs is 1. The van der Waals surface area contributed by atoms with E-state index in [1.165, 1.54) is 0 Å². The third-order valence-electron chi connectivity index (χ3n) is 2.10. The van der Waals surface area contributed by atoms with Gasteiger partial charge in [0.1, 0.15) is 5.75 Å². The SMILES string of the molecule is COc1cc2ccc(Cl)cc2cc1S. The van der Waals surface area contributed by atoms with Crippen LogP contribution in [0.4, 0.5) is 0 Å². The van der Waals surface area contributed by atoms with E-state index in [0.717, 1.165) is 26.4 Å². The summed E-state index contributed by atoms with van der Waals surface area (Å²) in [6.45, 7) is 0. The fraction of sp³-hybridized carbons (Fsp3) is 0.0909. The summed E-state index contributed by atoms with van der Waals surface area (Å²) >= 11 is 10.2. The van der Waals surface area contributed by atoms with E-state index in [-0.39, 0.29) is 0 Å². The van der Waals surface area contributed by atoms with Gasteiger partial charge in [0.25, 0.3) is 0 Å². The Morgan fingerprint density at radius 2 is 1.93 bits per heavy atom. The highest BCUT2D eigenvalue weighted by Crippen LogP contribution is 2.29. The maximum absolute atomic E-state index is 5.89. The number of methoxy groups -OCH3 is 1. The fourth-order valence-electron chi connectivity index (χ4n) is 1.40. The van der Waals surface area contributed by atoms with Crippen molar-refractivity contribution in [3.63, 3.8) is 0 Å². The minimum atomic E-state index is 0.732. The minimum Gasteiger partial charge on any atom is -0.496 e. The first-order valence-corrected chi connectivity index (χ1v) is 4.99. The second kappa shape index (κ2) is 3.71. The van der Waals surface area contributed by atoms with Gasteiger partial charge in [0.15, 0.2) is 0 Å². The zero-order chi connectivity index (χ0) is 10.1. The van der Waals surface area contributed by atoms with Gasteiger partial charge in [-0.25, -0.2) is 0 Å². The molecule has 0 atom stereocenters. The van der Waals surface area contributed by atoms with Gasteiger partial charge in [-0.15, -0.1) is 12.6 Å². The van der Waals surface area contributed by atoms with Crippen molar-refractivity contribution >= 4 is 35.0 Å². The molecular weight excluding hydrogens is 216 g/mol. The number of rotatable bonds is 1. The van der Waals surface area contributed by atoms with Crippen molar-refractivity contribution in [1.82, 2.24) is 0 Å². The largest absolute Gasteiger partial charge is 0.496 e. The molecule has 0 unspecified atom stereocenters. The van der Waals surface area contributed by atoms with Gasteiger partial charge in [0.05, 0.1) is 7.11 Å². The van der Waals surface area contributed by atoms with E-state index in [1.807, 2.05) is 30.3 Å². The molecule has 72 valence electrons. The molecule has 3 heteroatoms. The summed E-state index contributed by atoms with van der Waals surface area (Å²) in [6, 6.07) is 9.64. The molecule has 0 aliphatic heterocycles. The molecule has 0 aromatic heterocycles. The van der Waals surface area contributed by atoms with E-state index in [1.54, 1.807) is 7.11 Å². The molecule has 0 heterocycles. The zero-order valence-corrected chi connectivity index (χ0v) is 9.27. The van der Waals surface area contributed by atoms with Crippen molar-refractivity contribution in [2.75, 3.05) is 7.11 Å². The number of thiol groups is 1. The second-order valence-corrected chi connectivity index (χ2v) is 3.93. The van der Waals surface area contributed by atoms with Crippen LogP contribution in [-0.2, 0) is 0 Å². The smallest absolute Gasteiger partial charge is 0.132 e. The molecule has 14 heavy (non-hydrogen) atoms. The molecule has 0 aliphatic carbocycles. The highest BCUT2D eigenvalue weighted by molar-refractivity contribution is 7.80. The lowest BCUT2D eigenvalue weighted by Gasteiger charge is -2.06. The number of hydrogen-bond donors (Lipinski definition) is 1. The fourth-order valence-corrected chi connectivity index (χ4v) is 1.87. The van der Waals surface area contributed by atoms with Crippen LogP contribution in [0.15, 0.2) is 35.2 Å². The molecule has 0 spiro atoms. The Bertz CT molecular complexity index is 482. The molecule has 0 N–H and O–H groups in total. The Morgan fingerprint density at radius 3 is 2.64 bits per heavy atom. The van der Waals surface area contributed by atoms with Crippen LogP contribution in [0.5, 0.6) is 5.75 Å². The molecule has 0 radical (unpaired) electrons. The van der Waals surface area contributed by atoms with E-state index in [0.29, 0.717) is 0 Å². The van der Waals surface area contributed by atoms with Gasteiger partial charge < -0.3 is 4.74 Å². The Balaban J connectivity index is 2.73. The van der Waals surface area contributed by atoms with Crippen molar-refractivity contribution in [2.24, 2.45) is 0 Å². The standard InChI is InChI=1S/C11H9ClOS/c1-13-10-5-7-2-3-9(12)4-8(7)6-11(10)14/h2-6,14H,1H3. The molecule has 0 amide bonds. The molecule has 0 bridgehead atoms. The first-order valence-electron chi connectivity index (χ1n) is 4.17. The predicted molar refractivity (Wildman–Crippen MR) is 62.8 cm³/mol. The molecule has 1 nitrogen and oxygen atoms in total. The summed E-state index contributed by atoms with van der Waals surface area (Å²) in [4.78, 5) is 0.822. The first-order chi connectivity index (χ1) is 6.70. The lowest BCUT2D eigenvalue weighted by atomic mass is 10.1. The van der Waals surface area contributed by atoms with Gasteiger partial charge in [-0.3, -0.25) is 0 Å². The van der Waals surface area contributed by atoms with Gasteiger partial charge in [-0.05, 0) is 35.0 Å². The van der Waals surface area contributed by atoms with Crippen molar-refractivity contribution in [3.05, 3.63) is 35.4 Å². The quantitative estimate of drug-likeness (QED) is 0.726. The minimum absolute atomic E-state index is 0.732. The van der Waals surface area contributed by atoms with Crippen LogP contribution in [0.1, 0.15) is 0 Å².